The lowest BCUT2D eigenvalue weighted by molar-refractivity contribution is -0.147. The van der Waals surface area contributed by atoms with Crippen LogP contribution in [0.15, 0.2) is 0 Å². The molecule has 0 aromatic heterocycles. The summed E-state index contributed by atoms with van der Waals surface area (Å²) in [5.74, 6) is 1.98. The number of hydrogen-bond donors (Lipinski definition) is 2. The van der Waals surface area contributed by atoms with Crippen molar-refractivity contribution >= 4 is 0 Å². The second kappa shape index (κ2) is 3.46. The molecule has 2 bridgehead atoms. The molecule has 2 nitrogen and oxygen atoms in total. The predicted molar refractivity (Wildman–Crippen MR) is 58.4 cm³/mol. The lowest BCUT2D eigenvalue weighted by atomic mass is 9.68. The molecular formula is C13H22O2. The van der Waals surface area contributed by atoms with E-state index in [1.807, 2.05) is 0 Å². The van der Waals surface area contributed by atoms with E-state index in [9.17, 15) is 10.2 Å². The van der Waals surface area contributed by atoms with E-state index in [4.69, 9.17) is 0 Å². The van der Waals surface area contributed by atoms with E-state index in [-0.39, 0.29) is 0 Å². The fraction of sp³-hybridized carbons (Fsp3) is 1.00. The summed E-state index contributed by atoms with van der Waals surface area (Å²) in [6, 6.07) is 0. The molecule has 5 atom stereocenters. The minimum Gasteiger partial charge on any atom is -0.390 e. The van der Waals surface area contributed by atoms with E-state index >= 15 is 0 Å². The molecule has 0 aromatic rings. The van der Waals surface area contributed by atoms with Gasteiger partial charge < -0.3 is 10.2 Å². The molecule has 2 N–H and O–H groups in total. The Kier molecular flexibility index (Phi) is 2.33. The molecule has 0 amide bonds. The Balaban J connectivity index is 1.79. The molecule has 0 aromatic carbocycles. The summed E-state index contributed by atoms with van der Waals surface area (Å²) in [6.45, 7) is 0. The molecule has 0 aliphatic heterocycles. The van der Waals surface area contributed by atoms with E-state index in [1.165, 1.54) is 25.7 Å². The van der Waals surface area contributed by atoms with Crippen molar-refractivity contribution in [2.75, 3.05) is 0 Å². The quantitative estimate of drug-likeness (QED) is 0.695. The zero-order chi connectivity index (χ0) is 10.5. The number of fused-ring (bicyclic) bond motifs is 2. The van der Waals surface area contributed by atoms with Crippen molar-refractivity contribution in [2.45, 2.75) is 63.1 Å². The topological polar surface area (TPSA) is 40.5 Å². The Morgan fingerprint density at radius 3 is 2.47 bits per heavy atom. The molecule has 0 spiro atoms. The van der Waals surface area contributed by atoms with Crippen molar-refractivity contribution in [3.05, 3.63) is 0 Å². The molecular weight excluding hydrogens is 188 g/mol. The molecule has 86 valence electrons. The van der Waals surface area contributed by atoms with Crippen molar-refractivity contribution in [3.8, 4) is 0 Å². The maximum atomic E-state index is 10.7. The van der Waals surface area contributed by atoms with Crippen LogP contribution in [-0.2, 0) is 0 Å². The first-order valence-electron chi connectivity index (χ1n) is 6.60. The van der Waals surface area contributed by atoms with Gasteiger partial charge in [0.2, 0.25) is 0 Å². The van der Waals surface area contributed by atoms with Crippen LogP contribution < -0.4 is 0 Å². The van der Waals surface area contributed by atoms with Crippen molar-refractivity contribution in [2.24, 2.45) is 17.8 Å². The first kappa shape index (κ1) is 10.1. The van der Waals surface area contributed by atoms with Gasteiger partial charge in [-0.1, -0.05) is 19.3 Å². The highest BCUT2D eigenvalue weighted by atomic mass is 16.3. The number of aliphatic hydroxyl groups is 2. The van der Waals surface area contributed by atoms with E-state index < -0.39 is 11.7 Å². The average Bonchev–Trinajstić information content (AvgIpc) is 2.84. The van der Waals surface area contributed by atoms with E-state index in [2.05, 4.69) is 0 Å². The highest BCUT2D eigenvalue weighted by Gasteiger charge is 2.53. The average molecular weight is 210 g/mol. The lowest BCUT2D eigenvalue weighted by Crippen LogP contribution is -2.52. The minimum atomic E-state index is -0.724. The molecule has 5 unspecified atom stereocenters. The van der Waals surface area contributed by atoms with Gasteiger partial charge in [0.15, 0.2) is 0 Å². The summed E-state index contributed by atoms with van der Waals surface area (Å²) in [7, 11) is 0. The molecule has 3 saturated carbocycles. The van der Waals surface area contributed by atoms with E-state index in [0.717, 1.165) is 31.6 Å². The Morgan fingerprint density at radius 2 is 1.87 bits per heavy atom. The van der Waals surface area contributed by atoms with Crippen molar-refractivity contribution in [1.29, 1.82) is 0 Å². The van der Waals surface area contributed by atoms with Crippen LogP contribution in [0.1, 0.15) is 51.4 Å². The van der Waals surface area contributed by atoms with Crippen LogP contribution in [0.25, 0.3) is 0 Å². The van der Waals surface area contributed by atoms with Gasteiger partial charge in [-0.05, 0) is 49.9 Å². The Bertz CT molecular complexity index is 253. The third-order valence-corrected chi connectivity index (χ3v) is 5.26. The van der Waals surface area contributed by atoms with Gasteiger partial charge in [0.25, 0.3) is 0 Å². The molecule has 0 heterocycles. The monoisotopic (exact) mass is 210 g/mol. The largest absolute Gasteiger partial charge is 0.390 e. The standard InChI is InChI=1S/C13H22O2/c14-12-3-1-2-6-13(12,15)11-8-9-4-5-10(11)7-9/h9-12,14-15H,1-8H2. The van der Waals surface area contributed by atoms with E-state index in [1.54, 1.807) is 0 Å². The van der Waals surface area contributed by atoms with Gasteiger partial charge in [-0.15, -0.1) is 0 Å². The molecule has 15 heavy (non-hydrogen) atoms. The maximum Gasteiger partial charge on any atom is 0.0936 e. The van der Waals surface area contributed by atoms with Gasteiger partial charge in [-0.3, -0.25) is 0 Å². The van der Waals surface area contributed by atoms with Gasteiger partial charge in [-0.2, -0.15) is 0 Å². The summed E-state index contributed by atoms with van der Waals surface area (Å²) in [5, 5.41) is 20.8. The highest BCUT2D eigenvalue weighted by molar-refractivity contribution is 5.04. The summed E-state index contributed by atoms with van der Waals surface area (Å²) in [5.41, 5.74) is -0.724. The Labute approximate surface area is 91.7 Å². The zero-order valence-electron chi connectivity index (χ0n) is 9.36. The van der Waals surface area contributed by atoms with Gasteiger partial charge in [0.05, 0.1) is 11.7 Å². The molecule has 3 rings (SSSR count). The summed E-state index contributed by atoms with van der Waals surface area (Å²) in [6.07, 6.45) is 8.55. The third-order valence-electron chi connectivity index (χ3n) is 5.26. The second-order valence-electron chi connectivity index (χ2n) is 6.03. The van der Waals surface area contributed by atoms with Crippen LogP contribution in [-0.4, -0.2) is 21.9 Å². The summed E-state index contributed by atoms with van der Waals surface area (Å²) in [4.78, 5) is 0. The molecule has 0 radical (unpaired) electrons. The minimum absolute atomic E-state index is 0.409. The Hall–Kier alpha value is -0.0800. The zero-order valence-corrected chi connectivity index (χ0v) is 9.36. The predicted octanol–water partition coefficient (Wildman–Crippen LogP) is 2.09. The SMILES string of the molecule is OC1CCCCC1(O)C1CC2CCC1C2. The summed E-state index contributed by atoms with van der Waals surface area (Å²) < 4.78 is 0. The van der Waals surface area contributed by atoms with Crippen LogP contribution in [0.2, 0.25) is 0 Å². The van der Waals surface area contributed by atoms with Gasteiger partial charge >= 0.3 is 0 Å². The smallest absolute Gasteiger partial charge is 0.0936 e. The first-order chi connectivity index (χ1) is 7.20. The Morgan fingerprint density at radius 1 is 1.00 bits per heavy atom. The number of hydrogen-bond acceptors (Lipinski definition) is 2. The fourth-order valence-corrected chi connectivity index (χ4v) is 4.45. The molecule has 0 saturated heterocycles. The second-order valence-corrected chi connectivity index (χ2v) is 6.03. The van der Waals surface area contributed by atoms with Gasteiger partial charge in [0, 0.05) is 0 Å². The summed E-state index contributed by atoms with van der Waals surface area (Å²) >= 11 is 0. The molecule has 3 aliphatic carbocycles. The van der Waals surface area contributed by atoms with E-state index in [0.29, 0.717) is 11.8 Å². The molecule has 3 aliphatic rings. The molecule has 3 fully saturated rings. The third kappa shape index (κ3) is 1.45. The van der Waals surface area contributed by atoms with Crippen molar-refractivity contribution in [3.63, 3.8) is 0 Å². The van der Waals surface area contributed by atoms with Crippen LogP contribution in [0.3, 0.4) is 0 Å². The van der Waals surface area contributed by atoms with Crippen molar-refractivity contribution < 1.29 is 10.2 Å². The van der Waals surface area contributed by atoms with Gasteiger partial charge in [0.1, 0.15) is 0 Å². The highest BCUT2D eigenvalue weighted by Crippen LogP contribution is 2.54. The van der Waals surface area contributed by atoms with Gasteiger partial charge in [-0.25, -0.2) is 0 Å². The molecule has 2 heteroatoms. The number of aliphatic hydroxyl groups excluding tert-OH is 1. The normalized spacial score (nSPS) is 54.8. The van der Waals surface area contributed by atoms with Crippen LogP contribution >= 0.6 is 0 Å². The lowest BCUT2D eigenvalue weighted by Gasteiger charge is -2.44. The van der Waals surface area contributed by atoms with Crippen LogP contribution in [0, 0.1) is 17.8 Å². The van der Waals surface area contributed by atoms with Crippen molar-refractivity contribution in [1.82, 2.24) is 0 Å². The van der Waals surface area contributed by atoms with Crippen LogP contribution in [0.5, 0.6) is 0 Å². The number of rotatable bonds is 1. The maximum absolute atomic E-state index is 10.7. The fourth-order valence-electron chi connectivity index (χ4n) is 4.45. The first-order valence-corrected chi connectivity index (χ1v) is 6.60. The van der Waals surface area contributed by atoms with Crippen LogP contribution in [0.4, 0.5) is 0 Å².